The van der Waals surface area contributed by atoms with Crippen LogP contribution in [-0.2, 0) is 17.7 Å². The van der Waals surface area contributed by atoms with Crippen LogP contribution in [0.5, 0.6) is 0 Å². The zero-order valence-electron chi connectivity index (χ0n) is 16.2. The molecule has 0 saturated carbocycles. The van der Waals surface area contributed by atoms with E-state index in [0.717, 1.165) is 64.2 Å². The Labute approximate surface area is 160 Å². The van der Waals surface area contributed by atoms with E-state index in [0.29, 0.717) is 37.8 Å². The van der Waals surface area contributed by atoms with E-state index in [2.05, 4.69) is 16.8 Å². The average Bonchev–Trinajstić information content (AvgIpc) is 3.13. The average molecular weight is 375 g/mol. The molecule has 2 fully saturated rings. The van der Waals surface area contributed by atoms with E-state index < -0.39 is 0 Å². The monoisotopic (exact) mass is 375 g/mol. The maximum atomic E-state index is 13.2. The second-order valence-corrected chi connectivity index (χ2v) is 7.47. The lowest BCUT2D eigenvalue weighted by Crippen LogP contribution is -2.48. The Morgan fingerprint density at radius 1 is 0.926 bits per heavy atom. The Bertz CT molecular complexity index is 702. The first-order valence-electron chi connectivity index (χ1n) is 10.2. The number of ether oxygens (including phenoxy) is 1. The standard InChI is InChI=1S/C19H29N5O3/c1-2-21-7-9-22(10-8-21)18(25)16-15-5-3-4-6-24(15)17(20-16)19(26)23-11-13-27-14-12-23/h2-14H2,1H3. The summed E-state index contributed by atoms with van der Waals surface area (Å²) in [5.41, 5.74) is 1.44. The summed E-state index contributed by atoms with van der Waals surface area (Å²) in [5, 5.41) is 0. The van der Waals surface area contributed by atoms with Gasteiger partial charge in [0.05, 0.1) is 18.9 Å². The van der Waals surface area contributed by atoms with Gasteiger partial charge in [0, 0.05) is 45.8 Å². The second kappa shape index (κ2) is 7.98. The molecule has 0 bridgehead atoms. The molecule has 0 unspecified atom stereocenters. The number of piperazine rings is 1. The van der Waals surface area contributed by atoms with Crippen LogP contribution in [0.2, 0.25) is 0 Å². The van der Waals surface area contributed by atoms with Gasteiger partial charge < -0.3 is 24.0 Å². The number of amides is 2. The van der Waals surface area contributed by atoms with E-state index in [1.807, 2.05) is 9.47 Å². The van der Waals surface area contributed by atoms with Gasteiger partial charge in [-0.1, -0.05) is 6.92 Å². The molecule has 3 aliphatic rings. The Kier molecular flexibility index (Phi) is 5.45. The number of rotatable bonds is 3. The number of nitrogens with zero attached hydrogens (tertiary/aromatic N) is 5. The molecule has 1 aromatic heterocycles. The third kappa shape index (κ3) is 3.60. The number of aromatic nitrogens is 2. The van der Waals surface area contributed by atoms with Gasteiger partial charge >= 0.3 is 0 Å². The first kappa shape index (κ1) is 18.4. The Balaban J connectivity index is 1.58. The number of likely N-dealkylation sites (N-methyl/N-ethyl adjacent to an activating group) is 1. The molecule has 4 rings (SSSR count). The number of hydrogen-bond acceptors (Lipinski definition) is 5. The maximum absolute atomic E-state index is 13.2. The molecule has 2 saturated heterocycles. The largest absolute Gasteiger partial charge is 0.378 e. The number of fused-ring (bicyclic) bond motifs is 1. The number of carbonyl (C=O) groups is 2. The Morgan fingerprint density at radius 3 is 2.33 bits per heavy atom. The molecule has 3 aliphatic heterocycles. The Morgan fingerprint density at radius 2 is 1.63 bits per heavy atom. The van der Waals surface area contributed by atoms with Crippen molar-refractivity contribution in [1.82, 2.24) is 24.3 Å². The van der Waals surface area contributed by atoms with E-state index in [1.54, 1.807) is 4.90 Å². The molecule has 1 aromatic rings. The van der Waals surface area contributed by atoms with Crippen LogP contribution >= 0.6 is 0 Å². The minimum Gasteiger partial charge on any atom is -0.378 e. The van der Waals surface area contributed by atoms with Gasteiger partial charge in [-0.2, -0.15) is 0 Å². The predicted octanol–water partition coefficient (Wildman–Crippen LogP) is 0.470. The number of carbonyl (C=O) groups excluding carboxylic acids is 2. The highest BCUT2D eigenvalue weighted by Gasteiger charge is 2.32. The number of imidazole rings is 1. The second-order valence-electron chi connectivity index (χ2n) is 7.47. The SMILES string of the molecule is CCN1CCN(C(=O)c2nc(C(=O)N3CCOCC3)n3c2CCCC3)CC1. The zero-order valence-corrected chi connectivity index (χ0v) is 16.2. The van der Waals surface area contributed by atoms with E-state index in [9.17, 15) is 9.59 Å². The van der Waals surface area contributed by atoms with Gasteiger partial charge in [-0.25, -0.2) is 4.98 Å². The molecule has 0 atom stereocenters. The summed E-state index contributed by atoms with van der Waals surface area (Å²) >= 11 is 0. The molecule has 2 amide bonds. The van der Waals surface area contributed by atoms with E-state index in [4.69, 9.17) is 4.74 Å². The molecule has 8 heteroatoms. The van der Waals surface area contributed by atoms with Crippen molar-refractivity contribution in [2.75, 3.05) is 59.0 Å². The van der Waals surface area contributed by atoms with Gasteiger partial charge in [0.2, 0.25) is 0 Å². The number of morpholine rings is 1. The fraction of sp³-hybridized carbons (Fsp3) is 0.737. The molecular formula is C19H29N5O3. The molecule has 148 valence electrons. The van der Waals surface area contributed by atoms with Crippen LogP contribution in [0.15, 0.2) is 0 Å². The highest BCUT2D eigenvalue weighted by atomic mass is 16.5. The van der Waals surface area contributed by atoms with Crippen molar-refractivity contribution in [2.45, 2.75) is 32.7 Å². The third-order valence-corrected chi connectivity index (χ3v) is 5.92. The fourth-order valence-electron chi connectivity index (χ4n) is 4.20. The summed E-state index contributed by atoms with van der Waals surface area (Å²) in [4.78, 5) is 36.8. The summed E-state index contributed by atoms with van der Waals surface area (Å²) in [5.74, 6) is 0.343. The van der Waals surface area contributed by atoms with Crippen LogP contribution in [-0.4, -0.2) is 95.1 Å². The van der Waals surface area contributed by atoms with Gasteiger partial charge in [0.15, 0.2) is 5.82 Å². The van der Waals surface area contributed by atoms with Gasteiger partial charge in [-0.15, -0.1) is 0 Å². The molecule has 0 spiro atoms. The smallest absolute Gasteiger partial charge is 0.290 e. The summed E-state index contributed by atoms with van der Waals surface area (Å²) in [6, 6.07) is 0. The molecule has 27 heavy (non-hydrogen) atoms. The van der Waals surface area contributed by atoms with Crippen molar-refractivity contribution in [3.05, 3.63) is 17.2 Å². The maximum Gasteiger partial charge on any atom is 0.290 e. The molecule has 4 heterocycles. The first-order chi connectivity index (χ1) is 13.2. The molecule has 8 nitrogen and oxygen atoms in total. The topological polar surface area (TPSA) is 70.9 Å². The van der Waals surface area contributed by atoms with Crippen LogP contribution in [0.3, 0.4) is 0 Å². The lowest BCUT2D eigenvalue weighted by Gasteiger charge is -2.33. The van der Waals surface area contributed by atoms with E-state index in [-0.39, 0.29) is 11.8 Å². The molecule has 0 aromatic carbocycles. The summed E-state index contributed by atoms with van der Waals surface area (Å²) in [6.07, 6.45) is 2.88. The minimum atomic E-state index is -0.0729. The van der Waals surface area contributed by atoms with Crippen LogP contribution in [0.4, 0.5) is 0 Å². The lowest BCUT2D eigenvalue weighted by atomic mass is 10.1. The minimum absolute atomic E-state index is 0.0163. The highest BCUT2D eigenvalue weighted by molar-refractivity contribution is 5.97. The van der Waals surface area contributed by atoms with Crippen molar-refractivity contribution >= 4 is 11.8 Å². The van der Waals surface area contributed by atoms with Crippen LogP contribution in [0.25, 0.3) is 0 Å². The van der Waals surface area contributed by atoms with Crippen molar-refractivity contribution in [1.29, 1.82) is 0 Å². The van der Waals surface area contributed by atoms with Gasteiger partial charge in [-0.05, 0) is 25.8 Å². The third-order valence-electron chi connectivity index (χ3n) is 5.92. The number of hydrogen-bond donors (Lipinski definition) is 0. The summed E-state index contributed by atoms with van der Waals surface area (Å²) in [7, 11) is 0. The Hall–Kier alpha value is -1.93. The van der Waals surface area contributed by atoms with Crippen molar-refractivity contribution in [2.24, 2.45) is 0 Å². The van der Waals surface area contributed by atoms with Crippen LogP contribution in [0, 0.1) is 0 Å². The van der Waals surface area contributed by atoms with Gasteiger partial charge in [0.1, 0.15) is 5.69 Å². The van der Waals surface area contributed by atoms with Crippen molar-refractivity contribution in [3.8, 4) is 0 Å². The summed E-state index contributed by atoms with van der Waals surface area (Å²) in [6.45, 7) is 9.48. The quantitative estimate of drug-likeness (QED) is 0.768. The van der Waals surface area contributed by atoms with Gasteiger partial charge in [-0.3, -0.25) is 9.59 Å². The van der Waals surface area contributed by atoms with Crippen LogP contribution < -0.4 is 0 Å². The van der Waals surface area contributed by atoms with Crippen molar-refractivity contribution in [3.63, 3.8) is 0 Å². The van der Waals surface area contributed by atoms with E-state index >= 15 is 0 Å². The summed E-state index contributed by atoms with van der Waals surface area (Å²) < 4.78 is 7.35. The van der Waals surface area contributed by atoms with Crippen molar-refractivity contribution < 1.29 is 14.3 Å². The zero-order chi connectivity index (χ0) is 18.8. The lowest BCUT2D eigenvalue weighted by molar-refractivity contribution is 0.0291. The molecule has 0 N–H and O–H groups in total. The molecule has 0 radical (unpaired) electrons. The predicted molar refractivity (Wildman–Crippen MR) is 99.9 cm³/mol. The first-order valence-corrected chi connectivity index (χ1v) is 10.2. The van der Waals surface area contributed by atoms with Gasteiger partial charge in [0.25, 0.3) is 11.8 Å². The normalized spacial score (nSPS) is 21.2. The molecular weight excluding hydrogens is 346 g/mol. The molecule has 0 aliphatic carbocycles. The van der Waals surface area contributed by atoms with Crippen LogP contribution in [0.1, 0.15) is 46.6 Å². The van der Waals surface area contributed by atoms with E-state index in [1.165, 1.54) is 0 Å². The fourth-order valence-corrected chi connectivity index (χ4v) is 4.20. The highest BCUT2D eigenvalue weighted by Crippen LogP contribution is 2.24.